The van der Waals surface area contributed by atoms with Crippen molar-refractivity contribution in [2.45, 2.75) is 11.8 Å². The van der Waals surface area contributed by atoms with Crippen LogP contribution < -0.4 is 0 Å². The molecule has 1 N–H and O–H groups in total. The van der Waals surface area contributed by atoms with Gasteiger partial charge in [0.15, 0.2) is 0 Å². The fraction of sp³-hybridized carbons (Fsp3) is 0.333. The van der Waals surface area contributed by atoms with Crippen LogP contribution in [-0.4, -0.2) is 23.7 Å². The zero-order chi connectivity index (χ0) is 14.0. The van der Waals surface area contributed by atoms with E-state index in [0.29, 0.717) is 16.6 Å². The van der Waals surface area contributed by atoms with E-state index >= 15 is 0 Å². The lowest BCUT2D eigenvalue weighted by Gasteiger charge is -2.11. The van der Waals surface area contributed by atoms with Crippen molar-refractivity contribution in [2.24, 2.45) is 0 Å². The summed E-state index contributed by atoms with van der Waals surface area (Å²) in [6, 6.07) is 3.17. The first-order valence-corrected chi connectivity index (χ1v) is 9.76. The number of H-pyrrole nitrogens is 1. The second kappa shape index (κ2) is 6.00. The number of rotatable bonds is 5. The highest BCUT2D eigenvalue weighted by atomic mass is 79.9. The molecule has 0 bridgehead atoms. The first kappa shape index (κ1) is 15.1. The molecule has 3 nitrogen and oxygen atoms in total. The maximum atomic E-state index is 13.4. The Bertz CT molecular complexity index is 646. The molecule has 1 heterocycles. The molecule has 19 heavy (non-hydrogen) atoms. The average Bonchev–Trinajstić information content (AvgIpc) is 2.70. The summed E-state index contributed by atoms with van der Waals surface area (Å²) in [6.45, 7) is 3.90. The molecule has 1 unspecified atom stereocenters. The van der Waals surface area contributed by atoms with Gasteiger partial charge in [-0.2, -0.15) is 0 Å². The first-order chi connectivity index (χ1) is 8.93. The average molecular weight is 366 g/mol. The number of nitrogens with one attached hydrogen (secondary N) is 1. The number of fused-ring (bicyclic) bond motifs is 1. The maximum Gasteiger partial charge on any atom is 0.210 e. The molecule has 0 aliphatic heterocycles. The number of benzene rings is 1. The third-order valence-electron chi connectivity index (χ3n) is 2.54. The van der Waals surface area contributed by atoms with E-state index in [0.717, 1.165) is 15.8 Å². The molecule has 1 atom stereocenters. The van der Waals surface area contributed by atoms with E-state index in [1.165, 1.54) is 17.8 Å². The molecule has 0 saturated heterocycles. The van der Waals surface area contributed by atoms with Crippen LogP contribution >= 0.6 is 35.1 Å². The number of halogens is 2. The highest BCUT2D eigenvalue weighted by Gasteiger charge is 2.17. The van der Waals surface area contributed by atoms with Crippen molar-refractivity contribution >= 4 is 46.0 Å². The highest BCUT2D eigenvalue weighted by Crippen LogP contribution is 2.48. The summed E-state index contributed by atoms with van der Waals surface area (Å²) in [6.07, 6.45) is 1.80. The van der Waals surface area contributed by atoms with Crippen LogP contribution in [-0.2, 0) is 9.09 Å². The number of thioether (sulfide) groups is 1. The number of aromatic nitrogens is 1. The molecule has 1 aromatic carbocycles. The molecule has 0 aliphatic carbocycles. The van der Waals surface area contributed by atoms with Crippen LogP contribution in [0.1, 0.15) is 6.92 Å². The zero-order valence-corrected chi connectivity index (χ0v) is 13.9. The Morgan fingerprint density at radius 1 is 1.53 bits per heavy atom. The second-order valence-electron chi connectivity index (χ2n) is 4.17. The summed E-state index contributed by atoms with van der Waals surface area (Å²) in [4.78, 5) is 3.95. The van der Waals surface area contributed by atoms with E-state index < -0.39 is 7.37 Å². The van der Waals surface area contributed by atoms with Gasteiger partial charge >= 0.3 is 0 Å². The minimum absolute atomic E-state index is 0.304. The van der Waals surface area contributed by atoms with E-state index in [1.54, 1.807) is 18.9 Å². The van der Waals surface area contributed by atoms with Gasteiger partial charge in [-0.15, -0.1) is 11.8 Å². The highest BCUT2D eigenvalue weighted by molar-refractivity contribution is 9.10. The van der Waals surface area contributed by atoms with Crippen molar-refractivity contribution < 1.29 is 13.5 Å². The van der Waals surface area contributed by atoms with Crippen molar-refractivity contribution in [1.29, 1.82) is 0 Å². The van der Waals surface area contributed by atoms with Gasteiger partial charge in [-0.05, 0) is 35.0 Å². The smallest absolute Gasteiger partial charge is 0.210 e. The Hall–Kier alpha value is -0.290. The van der Waals surface area contributed by atoms with Crippen LogP contribution in [0.2, 0.25) is 0 Å². The van der Waals surface area contributed by atoms with Crippen molar-refractivity contribution in [3.8, 4) is 0 Å². The maximum absolute atomic E-state index is 13.4. The Kier molecular flexibility index (Phi) is 4.77. The van der Waals surface area contributed by atoms with Gasteiger partial charge < -0.3 is 9.51 Å². The zero-order valence-electron chi connectivity index (χ0n) is 10.6. The predicted octanol–water partition coefficient (Wildman–Crippen LogP) is 5.06. The molecule has 2 aromatic rings. The third kappa shape index (κ3) is 3.63. The monoisotopic (exact) mass is 365 g/mol. The van der Waals surface area contributed by atoms with Gasteiger partial charge in [-0.25, -0.2) is 4.39 Å². The largest absolute Gasteiger partial charge is 0.360 e. The molecule has 104 valence electrons. The van der Waals surface area contributed by atoms with Crippen molar-refractivity contribution in [3.05, 3.63) is 28.6 Å². The van der Waals surface area contributed by atoms with Crippen LogP contribution in [0.3, 0.4) is 0 Å². The first-order valence-electron chi connectivity index (χ1n) is 5.73. The molecule has 0 saturated carbocycles. The predicted molar refractivity (Wildman–Crippen MR) is 81.8 cm³/mol. The summed E-state index contributed by atoms with van der Waals surface area (Å²) < 4.78 is 31.1. The number of hydrogen-bond donors (Lipinski definition) is 1. The molecule has 7 heteroatoms. The minimum atomic E-state index is -2.57. The summed E-state index contributed by atoms with van der Waals surface area (Å²) in [5, 5.41) is 0.912. The fourth-order valence-electron chi connectivity index (χ4n) is 1.71. The topological polar surface area (TPSA) is 42.1 Å². The van der Waals surface area contributed by atoms with Crippen LogP contribution in [0.25, 0.3) is 10.9 Å². The van der Waals surface area contributed by atoms with Crippen LogP contribution in [0.15, 0.2) is 27.7 Å². The molecule has 0 spiro atoms. The molecular formula is C12H14BrFNO2PS. The minimum Gasteiger partial charge on any atom is -0.360 e. The van der Waals surface area contributed by atoms with Gasteiger partial charge in [-0.1, -0.05) is 0 Å². The fourth-order valence-corrected chi connectivity index (χ4v) is 4.86. The molecule has 0 amide bonds. The Balaban J connectivity index is 2.22. The van der Waals surface area contributed by atoms with Gasteiger partial charge in [-0.3, -0.25) is 4.57 Å². The summed E-state index contributed by atoms with van der Waals surface area (Å²) in [5.41, 5.74) is 1.13. The quantitative estimate of drug-likeness (QED) is 0.594. The number of hydrogen-bond acceptors (Lipinski definition) is 3. The van der Waals surface area contributed by atoms with Crippen molar-refractivity contribution in [2.75, 3.05) is 18.8 Å². The number of aromatic amines is 1. The SMILES string of the molecule is CCOP(C)(=O)CSc1c[nH]c2cc(F)c(Br)cc12. The van der Waals surface area contributed by atoms with Crippen molar-refractivity contribution in [3.63, 3.8) is 0 Å². The van der Waals surface area contributed by atoms with E-state index in [2.05, 4.69) is 20.9 Å². The van der Waals surface area contributed by atoms with Gasteiger partial charge in [0.05, 0.1) is 16.6 Å². The Labute approximate surface area is 123 Å². The molecule has 2 rings (SSSR count). The summed E-state index contributed by atoms with van der Waals surface area (Å²) in [5.74, 6) is -0.304. The summed E-state index contributed by atoms with van der Waals surface area (Å²) in [7, 11) is -2.57. The molecular weight excluding hydrogens is 352 g/mol. The normalized spacial score (nSPS) is 14.7. The van der Waals surface area contributed by atoms with Crippen LogP contribution in [0.4, 0.5) is 4.39 Å². The summed E-state index contributed by atoms with van der Waals surface area (Å²) >= 11 is 4.63. The Morgan fingerprint density at radius 3 is 2.95 bits per heavy atom. The molecule has 0 radical (unpaired) electrons. The van der Waals surface area contributed by atoms with Gasteiger partial charge in [0.2, 0.25) is 7.37 Å². The van der Waals surface area contributed by atoms with Gasteiger partial charge in [0, 0.05) is 28.7 Å². The van der Waals surface area contributed by atoms with E-state index in [9.17, 15) is 8.96 Å². The Morgan fingerprint density at radius 2 is 2.26 bits per heavy atom. The second-order valence-corrected chi connectivity index (χ2v) is 9.07. The standard InChI is InChI=1S/C12H14BrFNO2PS/c1-3-17-18(2,16)7-19-12-6-15-11-5-10(14)9(13)4-8(11)12/h4-6,15H,3,7H2,1-2H3. The molecule has 1 aromatic heterocycles. The van der Waals surface area contributed by atoms with E-state index in [-0.39, 0.29) is 5.82 Å². The lowest BCUT2D eigenvalue weighted by molar-refractivity contribution is 0.340. The van der Waals surface area contributed by atoms with Crippen LogP contribution in [0, 0.1) is 5.82 Å². The van der Waals surface area contributed by atoms with E-state index in [1.807, 2.05) is 6.92 Å². The lowest BCUT2D eigenvalue weighted by atomic mass is 10.2. The van der Waals surface area contributed by atoms with Gasteiger partial charge in [0.25, 0.3) is 0 Å². The van der Waals surface area contributed by atoms with Crippen molar-refractivity contribution in [1.82, 2.24) is 4.98 Å². The molecule has 0 fully saturated rings. The van der Waals surface area contributed by atoms with E-state index in [4.69, 9.17) is 4.52 Å². The van der Waals surface area contributed by atoms with Gasteiger partial charge in [0.1, 0.15) is 5.82 Å². The third-order valence-corrected chi connectivity index (χ3v) is 6.99. The lowest BCUT2D eigenvalue weighted by Crippen LogP contribution is -1.90. The molecule has 0 aliphatic rings. The van der Waals surface area contributed by atoms with Crippen LogP contribution in [0.5, 0.6) is 0 Å².